The topological polar surface area (TPSA) is 61.5 Å². The van der Waals surface area contributed by atoms with Crippen molar-refractivity contribution in [3.63, 3.8) is 0 Å². The Morgan fingerprint density at radius 3 is 2.82 bits per heavy atom. The van der Waals surface area contributed by atoms with Crippen LogP contribution in [0, 0.1) is 6.92 Å². The summed E-state index contributed by atoms with van der Waals surface area (Å²) in [6.07, 6.45) is 1.76. The molecule has 2 aromatic heterocycles. The van der Waals surface area contributed by atoms with E-state index < -0.39 is 0 Å². The van der Waals surface area contributed by atoms with E-state index in [-0.39, 0.29) is 5.69 Å². The van der Waals surface area contributed by atoms with Crippen LogP contribution >= 0.6 is 0 Å². The van der Waals surface area contributed by atoms with E-state index in [1.807, 2.05) is 31.2 Å². The summed E-state index contributed by atoms with van der Waals surface area (Å²) < 4.78 is 0. The van der Waals surface area contributed by atoms with Crippen LogP contribution in [0.5, 0.6) is 0 Å². The Kier molecular flexibility index (Phi) is 2.08. The number of rotatable bonds is 1. The van der Waals surface area contributed by atoms with Gasteiger partial charge in [-0.15, -0.1) is 0 Å². The first-order chi connectivity index (χ1) is 8.22. The summed E-state index contributed by atoms with van der Waals surface area (Å²) in [6, 6.07) is 10.1. The first kappa shape index (κ1) is 9.84. The average molecular weight is 225 g/mol. The predicted molar refractivity (Wildman–Crippen MR) is 66.9 cm³/mol. The molecule has 84 valence electrons. The van der Waals surface area contributed by atoms with Crippen LogP contribution in [0.2, 0.25) is 0 Å². The Bertz CT molecular complexity index is 740. The molecule has 0 aliphatic rings. The molecule has 3 rings (SSSR count). The third-order valence-electron chi connectivity index (χ3n) is 2.72. The number of aromatic nitrogens is 3. The van der Waals surface area contributed by atoms with Gasteiger partial charge in [0.05, 0.1) is 5.52 Å². The van der Waals surface area contributed by atoms with Gasteiger partial charge >= 0.3 is 5.69 Å². The average Bonchev–Trinajstić information content (AvgIpc) is 2.68. The normalized spacial score (nSPS) is 10.9. The Balaban J connectivity index is 2.20. The summed E-state index contributed by atoms with van der Waals surface area (Å²) >= 11 is 0. The Labute approximate surface area is 97.3 Å². The zero-order valence-corrected chi connectivity index (χ0v) is 9.32. The molecular formula is C13H11N3O. The lowest BCUT2D eigenvalue weighted by molar-refractivity contribution is 1.20. The van der Waals surface area contributed by atoms with Gasteiger partial charge in [-0.1, -0.05) is 29.8 Å². The molecule has 0 saturated heterocycles. The highest BCUT2D eigenvalue weighted by molar-refractivity contribution is 5.77. The van der Waals surface area contributed by atoms with Crippen LogP contribution in [-0.4, -0.2) is 15.0 Å². The number of H-pyrrole nitrogens is 2. The lowest BCUT2D eigenvalue weighted by Crippen LogP contribution is -1.99. The monoisotopic (exact) mass is 225 g/mol. The first-order valence-corrected chi connectivity index (χ1v) is 5.37. The predicted octanol–water partition coefficient (Wildman–Crippen LogP) is 2.23. The molecule has 0 atom stereocenters. The van der Waals surface area contributed by atoms with Crippen molar-refractivity contribution in [2.24, 2.45) is 0 Å². The van der Waals surface area contributed by atoms with Gasteiger partial charge in [-0.05, 0) is 18.6 Å². The molecule has 0 aliphatic carbocycles. The van der Waals surface area contributed by atoms with Crippen LogP contribution in [-0.2, 0) is 0 Å². The summed E-state index contributed by atoms with van der Waals surface area (Å²) in [6.45, 7) is 2.05. The van der Waals surface area contributed by atoms with E-state index in [1.54, 1.807) is 6.20 Å². The van der Waals surface area contributed by atoms with Gasteiger partial charge in [-0.3, -0.25) is 4.98 Å². The summed E-state index contributed by atoms with van der Waals surface area (Å²) in [5, 5.41) is 0. The third kappa shape index (κ3) is 1.73. The number of nitrogens with zero attached hydrogens (tertiary/aromatic N) is 1. The highest BCUT2D eigenvalue weighted by Gasteiger charge is 2.03. The maximum absolute atomic E-state index is 11.1. The quantitative estimate of drug-likeness (QED) is 0.667. The van der Waals surface area contributed by atoms with Gasteiger partial charge in [-0.25, -0.2) is 9.78 Å². The van der Waals surface area contributed by atoms with Gasteiger partial charge in [0.15, 0.2) is 5.65 Å². The van der Waals surface area contributed by atoms with E-state index in [2.05, 4.69) is 21.0 Å². The van der Waals surface area contributed by atoms with Gasteiger partial charge < -0.3 is 4.98 Å². The fraction of sp³-hybridized carbons (Fsp3) is 0.0769. The van der Waals surface area contributed by atoms with Gasteiger partial charge in [0.25, 0.3) is 0 Å². The maximum Gasteiger partial charge on any atom is 0.325 e. The fourth-order valence-corrected chi connectivity index (χ4v) is 1.90. The molecule has 2 heterocycles. The van der Waals surface area contributed by atoms with Gasteiger partial charge in [0, 0.05) is 11.8 Å². The van der Waals surface area contributed by atoms with Crippen molar-refractivity contribution in [1.29, 1.82) is 0 Å². The molecule has 4 nitrogen and oxygen atoms in total. The van der Waals surface area contributed by atoms with E-state index in [9.17, 15) is 4.79 Å². The highest BCUT2D eigenvalue weighted by Crippen LogP contribution is 2.21. The number of pyridine rings is 1. The van der Waals surface area contributed by atoms with Crippen molar-refractivity contribution in [2.75, 3.05) is 0 Å². The Hall–Kier alpha value is -2.36. The highest BCUT2D eigenvalue weighted by atomic mass is 16.1. The molecule has 0 amide bonds. The zero-order chi connectivity index (χ0) is 11.8. The summed E-state index contributed by atoms with van der Waals surface area (Å²) in [4.78, 5) is 20.7. The van der Waals surface area contributed by atoms with Crippen molar-refractivity contribution < 1.29 is 0 Å². The third-order valence-corrected chi connectivity index (χ3v) is 2.72. The van der Waals surface area contributed by atoms with E-state index in [4.69, 9.17) is 0 Å². The lowest BCUT2D eigenvalue weighted by atomic mass is 10.1. The van der Waals surface area contributed by atoms with E-state index in [0.717, 1.165) is 16.6 Å². The minimum Gasteiger partial charge on any atom is -0.304 e. The van der Waals surface area contributed by atoms with Crippen LogP contribution < -0.4 is 5.69 Å². The number of benzene rings is 1. The largest absolute Gasteiger partial charge is 0.325 e. The van der Waals surface area contributed by atoms with E-state index in [0.29, 0.717) is 5.65 Å². The molecule has 4 heteroatoms. The molecule has 0 fully saturated rings. The molecule has 0 bridgehead atoms. The maximum atomic E-state index is 11.1. The van der Waals surface area contributed by atoms with Crippen molar-refractivity contribution in [3.8, 4) is 11.1 Å². The van der Waals surface area contributed by atoms with Gasteiger partial charge in [0.1, 0.15) is 0 Å². The molecule has 1 aromatic carbocycles. The second-order valence-corrected chi connectivity index (χ2v) is 4.07. The summed E-state index contributed by atoms with van der Waals surface area (Å²) in [5.74, 6) is 0. The zero-order valence-electron chi connectivity index (χ0n) is 9.32. The number of aryl methyl sites for hydroxylation is 1. The number of aromatic amines is 2. The molecule has 0 unspecified atom stereocenters. The van der Waals surface area contributed by atoms with Gasteiger partial charge in [-0.2, -0.15) is 0 Å². The standard InChI is InChI=1S/C13H11N3O/c1-8-3-2-4-9(5-8)10-6-11-12(14-7-10)16-13(17)15-11/h2-7H,1H3,(H2,14,15,16,17). The molecule has 2 N–H and O–H groups in total. The van der Waals surface area contributed by atoms with Crippen LogP contribution in [0.1, 0.15) is 5.56 Å². The van der Waals surface area contributed by atoms with Crippen molar-refractivity contribution >= 4 is 11.2 Å². The summed E-state index contributed by atoms with van der Waals surface area (Å²) in [7, 11) is 0. The van der Waals surface area contributed by atoms with Crippen molar-refractivity contribution in [1.82, 2.24) is 15.0 Å². The van der Waals surface area contributed by atoms with Crippen LogP contribution in [0.15, 0.2) is 41.3 Å². The van der Waals surface area contributed by atoms with Crippen LogP contribution in [0.25, 0.3) is 22.3 Å². The van der Waals surface area contributed by atoms with E-state index in [1.165, 1.54) is 5.56 Å². The number of fused-ring (bicyclic) bond motifs is 1. The van der Waals surface area contributed by atoms with E-state index >= 15 is 0 Å². The molecule has 0 aliphatic heterocycles. The van der Waals surface area contributed by atoms with Gasteiger partial charge in [0.2, 0.25) is 0 Å². The first-order valence-electron chi connectivity index (χ1n) is 5.37. The molecule has 3 aromatic rings. The fourth-order valence-electron chi connectivity index (χ4n) is 1.90. The second kappa shape index (κ2) is 3.59. The van der Waals surface area contributed by atoms with Crippen LogP contribution in [0.3, 0.4) is 0 Å². The molecule has 17 heavy (non-hydrogen) atoms. The minimum atomic E-state index is -0.228. The van der Waals surface area contributed by atoms with Crippen molar-refractivity contribution in [2.45, 2.75) is 6.92 Å². The SMILES string of the molecule is Cc1cccc(-c2cnc3[nH]c(=O)[nH]c3c2)c1. The molecule has 0 radical (unpaired) electrons. The lowest BCUT2D eigenvalue weighted by Gasteiger charge is -2.02. The second-order valence-electron chi connectivity index (χ2n) is 4.07. The number of imidazole rings is 1. The summed E-state index contributed by atoms with van der Waals surface area (Å²) in [5.41, 5.74) is 4.39. The number of nitrogens with one attached hydrogen (secondary N) is 2. The molecular weight excluding hydrogens is 214 g/mol. The van der Waals surface area contributed by atoms with Crippen molar-refractivity contribution in [3.05, 3.63) is 52.6 Å². The molecule has 0 spiro atoms. The molecule has 0 saturated carbocycles. The van der Waals surface area contributed by atoms with Crippen LogP contribution in [0.4, 0.5) is 0 Å². The smallest absolute Gasteiger partial charge is 0.304 e. The number of hydrogen-bond donors (Lipinski definition) is 2. The Morgan fingerprint density at radius 1 is 1.12 bits per heavy atom. The Morgan fingerprint density at radius 2 is 2.00 bits per heavy atom. The number of hydrogen-bond acceptors (Lipinski definition) is 2. The minimum absolute atomic E-state index is 0.228.